The molecular formula is C15H23NO3S2. The average Bonchev–Trinajstić information content (AvgIpc) is 2.53. The number of sulfonamides is 1. The zero-order chi connectivity index (χ0) is 15.1. The summed E-state index contributed by atoms with van der Waals surface area (Å²) in [5.41, 5.74) is 0. The number of ether oxygens (including phenoxy) is 1. The van der Waals surface area contributed by atoms with Gasteiger partial charge in [0.2, 0.25) is 10.0 Å². The molecule has 0 saturated heterocycles. The van der Waals surface area contributed by atoms with E-state index in [9.17, 15) is 8.42 Å². The average molecular weight is 329 g/mol. The standard InChI is InChI=1S/C15H23NO3S2/c1-19-13-7-9-15(10-8-13)21(17,18)16-11-12-20-14-5-3-2-4-6-14/h7-10,14,16H,2-6,11-12H2,1H3. The summed E-state index contributed by atoms with van der Waals surface area (Å²) < 4.78 is 31.9. The van der Waals surface area contributed by atoms with Gasteiger partial charge in [-0.15, -0.1) is 0 Å². The molecular weight excluding hydrogens is 306 g/mol. The van der Waals surface area contributed by atoms with Crippen molar-refractivity contribution in [1.29, 1.82) is 0 Å². The highest BCUT2D eigenvalue weighted by Gasteiger charge is 2.15. The molecule has 0 amide bonds. The molecule has 0 atom stereocenters. The van der Waals surface area contributed by atoms with Gasteiger partial charge in [-0.05, 0) is 37.1 Å². The summed E-state index contributed by atoms with van der Waals surface area (Å²) in [7, 11) is -1.85. The van der Waals surface area contributed by atoms with Crippen LogP contribution in [0.3, 0.4) is 0 Å². The van der Waals surface area contributed by atoms with Crippen LogP contribution in [0, 0.1) is 0 Å². The minimum Gasteiger partial charge on any atom is -0.497 e. The van der Waals surface area contributed by atoms with E-state index in [2.05, 4.69) is 4.72 Å². The van der Waals surface area contributed by atoms with E-state index in [0.29, 0.717) is 17.5 Å². The van der Waals surface area contributed by atoms with Crippen molar-refractivity contribution in [3.8, 4) is 5.75 Å². The highest BCUT2D eigenvalue weighted by atomic mass is 32.2. The second-order valence-corrected chi connectivity index (χ2v) is 8.38. The maximum absolute atomic E-state index is 12.1. The molecule has 4 nitrogen and oxygen atoms in total. The van der Waals surface area contributed by atoms with Gasteiger partial charge in [0.1, 0.15) is 5.75 Å². The van der Waals surface area contributed by atoms with E-state index < -0.39 is 10.0 Å². The largest absolute Gasteiger partial charge is 0.497 e. The molecule has 0 aromatic heterocycles. The normalized spacial score (nSPS) is 16.8. The predicted octanol–water partition coefficient (Wildman–Crippen LogP) is 3.04. The molecule has 0 aliphatic heterocycles. The maximum atomic E-state index is 12.1. The second kappa shape index (κ2) is 8.06. The smallest absolute Gasteiger partial charge is 0.240 e. The summed E-state index contributed by atoms with van der Waals surface area (Å²) in [6.07, 6.45) is 6.53. The fraction of sp³-hybridized carbons (Fsp3) is 0.600. The Bertz CT molecular complexity index is 522. The van der Waals surface area contributed by atoms with Gasteiger partial charge in [-0.2, -0.15) is 11.8 Å². The Labute approximate surface area is 131 Å². The van der Waals surface area contributed by atoms with Gasteiger partial charge >= 0.3 is 0 Å². The van der Waals surface area contributed by atoms with E-state index in [0.717, 1.165) is 5.75 Å². The van der Waals surface area contributed by atoms with Gasteiger partial charge in [0, 0.05) is 17.5 Å². The Morgan fingerprint density at radius 3 is 2.48 bits per heavy atom. The monoisotopic (exact) mass is 329 g/mol. The summed E-state index contributed by atoms with van der Waals surface area (Å²) in [6, 6.07) is 6.45. The summed E-state index contributed by atoms with van der Waals surface area (Å²) in [5.74, 6) is 1.49. The highest BCUT2D eigenvalue weighted by Crippen LogP contribution is 2.27. The molecule has 1 aliphatic carbocycles. The number of thioether (sulfide) groups is 1. The molecule has 0 spiro atoms. The third kappa shape index (κ3) is 5.20. The lowest BCUT2D eigenvalue weighted by molar-refractivity contribution is 0.414. The maximum Gasteiger partial charge on any atom is 0.240 e. The van der Waals surface area contributed by atoms with E-state index in [1.165, 1.54) is 32.1 Å². The van der Waals surface area contributed by atoms with Crippen molar-refractivity contribution in [3.63, 3.8) is 0 Å². The molecule has 2 rings (SSSR count). The van der Waals surface area contributed by atoms with Crippen molar-refractivity contribution in [1.82, 2.24) is 4.72 Å². The first-order chi connectivity index (χ1) is 10.1. The lowest BCUT2D eigenvalue weighted by Crippen LogP contribution is -2.26. The molecule has 0 heterocycles. The third-order valence-corrected chi connectivity index (χ3v) is 6.53. The lowest BCUT2D eigenvalue weighted by Gasteiger charge is -2.20. The number of rotatable bonds is 7. The van der Waals surface area contributed by atoms with Crippen LogP contribution < -0.4 is 9.46 Å². The van der Waals surface area contributed by atoms with E-state index in [1.54, 1.807) is 31.4 Å². The Morgan fingerprint density at radius 1 is 1.19 bits per heavy atom. The highest BCUT2D eigenvalue weighted by molar-refractivity contribution is 8.00. The van der Waals surface area contributed by atoms with Crippen LogP contribution in [0.15, 0.2) is 29.2 Å². The first kappa shape index (κ1) is 16.6. The molecule has 1 aromatic rings. The molecule has 1 fully saturated rings. The zero-order valence-corrected chi connectivity index (χ0v) is 14.0. The van der Waals surface area contributed by atoms with Crippen LogP contribution in [0.2, 0.25) is 0 Å². The van der Waals surface area contributed by atoms with Crippen molar-refractivity contribution in [2.45, 2.75) is 42.2 Å². The molecule has 118 valence electrons. The van der Waals surface area contributed by atoms with Gasteiger partial charge in [-0.3, -0.25) is 0 Å². The molecule has 0 bridgehead atoms. The van der Waals surface area contributed by atoms with Crippen molar-refractivity contribution in [3.05, 3.63) is 24.3 Å². The lowest BCUT2D eigenvalue weighted by atomic mass is 10.0. The zero-order valence-electron chi connectivity index (χ0n) is 12.4. The van der Waals surface area contributed by atoms with Gasteiger partial charge < -0.3 is 4.74 Å². The Balaban J connectivity index is 1.77. The minimum absolute atomic E-state index is 0.283. The van der Waals surface area contributed by atoms with Gasteiger partial charge in [0.15, 0.2) is 0 Å². The first-order valence-electron chi connectivity index (χ1n) is 7.37. The van der Waals surface area contributed by atoms with E-state index in [4.69, 9.17) is 4.74 Å². The number of benzene rings is 1. The molecule has 0 unspecified atom stereocenters. The number of hydrogen-bond donors (Lipinski definition) is 1. The van der Waals surface area contributed by atoms with Crippen LogP contribution in [0.1, 0.15) is 32.1 Å². The van der Waals surface area contributed by atoms with Crippen molar-refractivity contribution in [2.75, 3.05) is 19.4 Å². The minimum atomic E-state index is -3.41. The SMILES string of the molecule is COc1ccc(S(=O)(=O)NCCSC2CCCCC2)cc1. The first-order valence-corrected chi connectivity index (χ1v) is 9.90. The molecule has 1 saturated carbocycles. The topological polar surface area (TPSA) is 55.4 Å². The van der Waals surface area contributed by atoms with Gasteiger partial charge in [-0.1, -0.05) is 19.3 Å². The van der Waals surface area contributed by atoms with Crippen LogP contribution >= 0.6 is 11.8 Å². The molecule has 1 aromatic carbocycles. The Morgan fingerprint density at radius 2 is 1.86 bits per heavy atom. The second-order valence-electron chi connectivity index (χ2n) is 5.20. The van der Waals surface area contributed by atoms with Crippen LogP contribution in [-0.2, 0) is 10.0 Å². The van der Waals surface area contributed by atoms with Crippen LogP contribution in [0.4, 0.5) is 0 Å². The van der Waals surface area contributed by atoms with E-state index in [-0.39, 0.29) is 4.90 Å². The van der Waals surface area contributed by atoms with Crippen LogP contribution in [-0.4, -0.2) is 33.1 Å². The van der Waals surface area contributed by atoms with Gasteiger partial charge in [0.25, 0.3) is 0 Å². The Hall–Kier alpha value is -0.720. The molecule has 0 radical (unpaired) electrons. The summed E-state index contributed by atoms with van der Waals surface area (Å²) in [6.45, 7) is 0.482. The van der Waals surface area contributed by atoms with E-state index >= 15 is 0 Å². The number of hydrogen-bond acceptors (Lipinski definition) is 4. The molecule has 6 heteroatoms. The van der Waals surface area contributed by atoms with Crippen LogP contribution in [0.25, 0.3) is 0 Å². The van der Waals surface area contributed by atoms with Crippen molar-refractivity contribution < 1.29 is 13.2 Å². The third-order valence-electron chi connectivity index (χ3n) is 3.67. The number of nitrogens with one attached hydrogen (secondary N) is 1. The predicted molar refractivity (Wildman–Crippen MR) is 87.5 cm³/mol. The summed E-state index contributed by atoms with van der Waals surface area (Å²) in [4.78, 5) is 0.283. The van der Waals surface area contributed by atoms with Crippen LogP contribution in [0.5, 0.6) is 5.75 Å². The molecule has 1 aliphatic rings. The Kier molecular flexibility index (Phi) is 6.39. The fourth-order valence-corrected chi connectivity index (χ4v) is 4.85. The number of methoxy groups -OCH3 is 1. The van der Waals surface area contributed by atoms with Crippen molar-refractivity contribution in [2.24, 2.45) is 0 Å². The quantitative estimate of drug-likeness (QED) is 0.781. The summed E-state index contributed by atoms with van der Waals surface area (Å²) in [5, 5.41) is 0.712. The van der Waals surface area contributed by atoms with Gasteiger partial charge in [-0.25, -0.2) is 13.1 Å². The van der Waals surface area contributed by atoms with Crippen molar-refractivity contribution >= 4 is 21.8 Å². The molecule has 1 N–H and O–H groups in total. The summed E-state index contributed by atoms with van der Waals surface area (Å²) >= 11 is 1.89. The molecule has 21 heavy (non-hydrogen) atoms. The fourth-order valence-electron chi connectivity index (χ4n) is 2.47. The van der Waals surface area contributed by atoms with E-state index in [1.807, 2.05) is 11.8 Å². The van der Waals surface area contributed by atoms with Gasteiger partial charge in [0.05, 0.1) is 12.0 Å².